The number of hydrogen-bond acceptors (Lipinski definition) is 2. The predicted octanol–water partition coefficient (Wildman–Crippen LogP) is 2.52. The Bertz CT molecular complexity index is 315. The van der Waals surface area contributed by atoms with Gasteiger partial charge in [-0.2, -0.15) is 0 Å². The lowest BCUT2D eigenvalue weighted by molar-refractivity contribution is -0.147. The maximum absolute atomic E-state index is 12.5. The summed E-state index contributed by atoms with van der Waals surface area (Å²) in [6.07, 6.45) is 0. The van der Waals surface area contributed by atoms with Crippen molar-refractivity contribution in [3.05, 3.63) is 0 Å². The maximum atomic E-state index is 12.5. The van der Waals surface area contributed by atoms with Crippen LogP contribution in [0.1, 0.15) is 41.5 Å². The first-order valence-electron chi connectivity index (χ1n) is 6.76. The first kappa shape index (κ1) is 17.7. The maximum Gasteiger partial charge on any atom is 0.329 e. The zero-order valence-corrected chi connectivity index (χ0v) is 13.2. The van der Waals surface area contributed by atoms with Crippen LogP contribution in [0.25, 0.3) is 0 Å². The molecule has 0 bridgehead atoms. The van der Waals surface area contributed by atoms with E-state index in [0.717, 1.165) is 0 Å². The Hall–Kier alpha value is -1.26. The number of carbonyl (C=O) groups is 2. The molecule has 0 heterocycles. The normalized spacial score (nSPS) is 11.8. The molecule has 0 unspecified atom stereocenters. The molecule has 0 spiro atoms. The van der Waals surface area contributed by atoms with E-state index < -0.39 is 11.5 Å². The highest BCUT2D eigenvalue weighted by atomic mass is 16.4. The van der Waals surface area contributed by atoms with E-state index in [9.17, 15) is 14.7 Å². The SMILES string of the molecule is CC(C)CN(CC(C)C)C(=O)N(C)C(C)(C)C(=O)O. The van der Waals surface area contributed by atoms with E-state index in [1.165, 1.54) is 18.7 Å². The van der Waals surface area contributed by atoms with Crippen molar-refractivity contribution < 1.29 is 14.7 Å². The number of rotatable bonds is 6. The van der Waals surface area contributed by atoms with Crippen LogP contribution in [0.15, 0.2) is 0 Å². The second-order valence-corrected chi connectivity index (χ2v) is 6.40. The van der Waals surface area contributed by atoms with Crippen LogP contribution in [0.5, 0.6) is 0 Å². The van der Waals surface area contributed by atoms with E-state index in [0.29, 0.717) is 24.9 Å². The molecule has 1 N–H and O–H groups in total. The average Bonchev–Trinajstić information content (AvgIpc) is 2.24. The van der Waals surface area contributed by atoms with Crippen LogP contribution in [0.4, 0.5) is 4.79 Å². The fraction of sp³-hybridized carbons (Fsp3) is 0.857. The molecule has 0 aromatic heterocycles. The summed E-state index contributed by atoms with van der Waals surface area (Å²) in [5.74, 6) is -0.300. The van der Waals surface area contributed by atoms with Crippen LogP contribution >= 0.6 is 0 Å². The molecule has 0 atom stereocenters. The van der Waals surface area contributed by atoms with Crippen LogP contribution in [-0.2, 0) is 4.79 Å². The molecule has 0 fully saturated rings. The summed E-state index contributed by atoms with van der Waals surface area (Å²) in [7, 11) is 1.55. The highest BCUT2D eigenvalue weighted by Crippen LogP contribution is 2.16. The molecule has 2 amide bonds. The lowest BCUT2D eigenvalue weighted by atomic mass is 10.0. The van der Waals surface area contributed by atoms with E-state index in [4.69, 9.17) is 0 Å². The summed E-state index contributed by atoms with van der Waals surface area (Å²) in [6.45, 7) is 12.5. The first-order valence-corrected chi connectivity index (χ1v) is 6.76. The van der Waals surface area contributed by atoms with Gasteiger partial charge >= 0.3 is 12.0 Å². The molecular weight excluding hydrogens is 244 g/mol. The Kier molecular flexibility index (Phi) is 6.33. The molecule has 0 aromatic carbocycles. The van der Waals surface area contributed by atoms with Gasteiger partial charge in [-0.15, -0.1) is 0 Å². The zero-order valence-electron chi connectivity index (χ0n) is 13.2. The molecule has 0 radical (unpaired) electrons. The summed E-state index contributed by atoms with van der Waals surface area (Å²) in [5, 5.41) is 9.19. The molecule has 0 saturated carbocycles. The number of carboxylic acid groups (broad SMARTS) is 1. The Morgan fingerprint density at radius 2 is 1.42 bits per heavy atom. The van der Waals surface area contributed by atoms with Gasteiger partial charge in [0.1, 0.15) is 5.54 Å². The van der Waals surface area contributed by atoms with Crippen molar-refractivity contribution in [3.8, 4) is 0 Å². The Balaban J connectivity index is 5.02. The van der Waals surface area contributed by atoms with Crippen molar-refractivity contribution in [1.82, 2.24) is 9.80 Å². The number of nitrogens with zero attached hydrogens (tertiary/aromatic N) is 2. The highest BCUT2D eigenvalue weighted by molar-refractivity contribution is 5.85. The number of likely N-dealkylation sites (N-methyl/N-ethyl adjacent to an activating group) is 1. The van der Waals surface area contributed by atoms with Gasteiger partial charge in [-0.1, -0.05) is 27.7 Å². The third kappa shape index (κ3) is 5.09. The minimum atomic E-state index is -1.21. The van der Waals surface area contributed by atoms with Gasteiger partial charge in [-0.25, -0.2) is 9.59 Å². The van der Waals surface area contributed by atoms with Gasteiger partial charge in [0.15, 0.2) is 0 Å². The zero-order chi connectivity index (χ0) is 15.4. The summed E-state index contributed by atoms with van der Waals surface area (Å²) in [4.78, 5) is 26.7. The molecule has 19 heavy (non-hydrogen) atoms. The monoisotopic (exact) mass is 272 g/mol. The topological polar surface area (TPSA) is 60.9 Å². The fourth-order valence-electron chi connectivity index (χ4n) is 1.71. The minimum absolute atomic E-state index is 0.227. The molecular formula is C14H28N2O3. The Morgan fingerprint density at radius 1 is 1.05 bits per heavy atom. The quantitative estimate of drug-likeness (QED) is 0.808. The van der Waals surface area contributed by atoms with E-state index in [1.54, 1.807) is 11.9 Å². The second kappa shape index (κ2) is 6.78. The standard InChI is InChI=1S/C14H28N2O3/c1-10(2)8-16(9-11(3)4)13(19)15(7)14(5,6)12(17)18/h10-11H,8-9H2,1-7H3,(H,17,18). The van der Waals surface area contributed by atoms with Gasteiger partial charge in [-0.3, -0.25) is 0 Å². The van der Waals surface area contributed by atoms with Crippen molar-refractivity contribution >= 4 is 12.0 Å². The van der Waals surface area contributed by atoms with Gasteiger partial charge in [0.2, 0.25) is 0 Å². The summed E-state index contributed by atoms with van der Waals surface area (Å²) in [6, 6.07) is -0.227. The van der Waals surface area contributed by atoms with Crippen molar-refractivity contribution in [2.75, 3.05) is 20.1 Å². The number of amides is 2. The van der Waals surface area contributed by atoms with Crippen LogP contribution in [0.2, 0.25) is 0 Å². The van der Waals surface area contributed by atoms with E-state index in [1.807, 2.05) is 27.7 Å². The highest BCUT2D eigenvalue weighted by Gasteiger charge is 2.37. The number of hydrogen-bond donors (Lipinski definition) is 1. The molecule has 0 saturated heterocycles. The smallest absolute Gasteiger partial charge is 0.329 e. The van der Waals surface area contributed by atoms with Gasteiger partial charge in [0, 0.05) is 20.1 Å². The third-order valence-corrected chi connectivity index (χ3v) is 3.09. The van der Waals surface area contributed by atoms with Crippen LogP contribution < -0.4 is 0 Å². The Labute approximate surface area is 116 Å². The van der Waals surface area contributed by atoms with Gasteiger partial charge in [-0.05, 0) is 25.7 Å². The van der Waals surface area contributed by atoms with Crippen molar-refractivity contribution in [2.24, 2.45) is 11.8 Å². The van der Waals surface area contributed by atoms with Crippen molar-refractivity contribution in [2.45, 2.75) is 47.1 Å². The predicted molar refractivity (Wildman–Crippen MR) is 76.1 cm³/mol. The second-order valence-electron chi connectivity index (χ2n) is 6.40. The summed E-state index contributed by atoms with van der Waals surface area (Å²) < 4.78 is 0. The van der Waals surface area contributed by atoms with Crippen molar-refractivity contribution in [3.63, 3.8) is 0 Å². The summed E-state index contributed by atoms with van der Waals surface area (Å²) >= 11 is 0. The molecule has 112 valence electrons. The van der Waals surface area contributed by atoms with Crippen molar-refractivity contribution in [1.29, 1.82) is 0 Å². The van der Waals surface area contributed by atoms with E-state index >= 15 is 0 Å². The van der Waals surface area contributed by atoms with Gasteiger partial charge in [0.05, 0.1) is 0 Å². The number of aliphatic carboxylic acids is 1. The number of carboxylic acids is 1. The Morgan fingerprint density at radius 3 is 1.68 bits per heavy atom. The van der Waals surface area contributed by atoms with E-state index in [2.05, 4.69) is 0 Å². The van der Waals surface area contributed by atoms with Gasteiger partial charge in [0.25, 0.3) is 0 Å². The van der Waals surface area contributed by atoms with E-state index in [-0.39, 0.29) is 6.03 Å². The number of urea groups is 1. The molecule has 0 aliphatic carbocycles. The minimum Gasteiger partial charge on any atom is -0.480 e. The van der Waals surface area contributed by atoms with Crippen LogP contribution in [0.3, 0.4) is 0 Å². The molecule has 5 nitrogen and oxygen atoms in total. The van der Waals surface area contributed by atoms with Crippen LogP contribution in [0, 0.1) is 11.8 Å². The average molecular weight is 272 g/mol. The largest absolute Gasteiger partial charge is 0.480 e. The molecule has 0 aliphatic rings. The van der Waals surface area contributed by atoms with Gasteiger partial charge < -0.3 is 14.9 Å². The van der Waals surface area contributed by atoms with Crippen LogP contribution in [-0.4, -0.2) is 52.6 Å². The lowest BCUT2D eigenvalue weighted by Crippen LogP contribution is -2.56. The molecule has 0 aromatic rings. The lowest BCUT2D eigenvalue weighted by Gasteiger charge is -2.37. The molecule has 0 rings (SSSR count). The molecule has 5 heteroatoms. The first-order chi connectivity index (χ1) is 8.50. The number of carbonyl (C=O) groups excluding carboxylic acids is 1. The summed E-state index contributed by atoms with van der Waals surface area (Å²) in [5.41, 5.74) is -1.21. The third-order valence-electron chi connectivity index (χ3n) is 3.09. The molecule has 0 aliphatic heterocycles. The fourth-order valence-corrected chi connectivity index (χ4v) is 1.71.